The number of carbonyl (C=O) groups is 1. The Hall–Kier alpha value is -1.67. The molecule has 2 aromatic carbocycles. The molecule has 0 heterocycles. The van der Waals surface area contributed by atoms with Crippen molar-refractivity contribution in [3.8, 4) is 0 Å². The predicted octanol–water partition coefficient (Wildman–Crippen LogP) is 4.64. The van der Waals surface area contributed by atoms with Gasteiger partial charge in [0, 0.05) is 5.56 Å². The van der Waals surface area contributed by atoms with E-state index in [2.05, 4.69) is 0 Å². The van der Waals surface area contributed by atoms with E-state index in [-0.39, 0.29) is 11.3 Å². The van der Waals surface area contributed by atoms with Gasteiger partial charge < -0.3 is 0 Å². The molecule has 0 bridgehead atoms. The van der Waals surface area contributed by atoms with E-state index in [9.17, 15) is 9.18 Å². The fraction of sp³-hybridized carbons (Fsp3) is 0.188. The molecule has 0 aromatic heterocycles. The first-order valence-corrected chi connectivity index (χ1v) is 6.35. The molecule has 0 spiro atoms. The van der Waals surface area contributed by atoms with Gasteiger partial charge >= 0.3 is 0 Å². The van der Waals surface area contributed by atoms with Crippen LogP contribution in [0.4, 0.5) is 4.39 Å². The van der Waals surface area contributed by atoms with E-state index in [1.165, 1.54) is 12.1 Å². The van der Waals surface area contributed by atoms with E-state index in [1.807, 2.05) is 13.8 Å². The van der Waals surface area contributed by atoms with Crippen LogP contribution >= 0.6 is 11.6 Å². The molecular weight excluding hydrogens is 263 g/mol. The lowest BCUT2D eigenvalue weighted by Crippen LogP contribution is -2.06. The molecule has 2 aromatic rings. The summed E-state index contributed by atoms with van der Waals surface area (Å²) in [5, 5.41) is 0.355. The lowest BCUT2D eigenvalue weighted by molar-refractivity contribution is 0.103. The van der Waals surface area contributed by atoms with Crippen molar-refractivity contribution in [3.63, 3.8) is 0 Å². The highest BCUT2D eigenvalue weighted by molar-refractivity contribution is 6.35. The van der Waals surface area contributed by atoms with E-state index in [1.54, 1.807) is 25.1 Å². The Morgan fingerprint density at radius 2 is 1.63 bits per heavy atom. The van der Waals surface area contributed by atoms with Gasteiger partial charge in [0.25, 0.3) is 0 Å². The van der Waals surface area contributed by atoms with Crippen molar-refractivity contribution in [2.45, 2.75) is 20.8 Å². The van der Waals surface area contributed by atoms with Crippen molar-refractivity contribution in [1.82, 2.24) is 0 Å². The van der Waals surface area contributed by atoms with Crippen LogP contribution in [0.1, 0.15) is 32.6 Å². The molecule has 0 radical (unpaired) electrons. The summed E-state index contributed by atoms with van der Waals surface area (Å²) in [7, 11) is 0. The lowest BCUT2D eigenvalue weighted by Gasteiger charge is -2.08. The van der Waals surface area contributed by atoms with E-state index in [4.69, 9.17) is 11.6 Å². The standard InChI is InChI=1S/C16H14ClFO/c1-9-4-5-12(15(18)6-9)16(19)13-7-10(2)11(3)8-14(13)17/h4-8H,1-3H3. The zero-order valence-electron chi connectivity index (χ0n) is 11.1. The molecule has 0 aliphatic rings. The number of carbonyl (C=O) groups excluding carboxylic acids is 1. The van der Waals surface area contributed by atoms with Crippen molar-refractivity contribution in [2.24, 2.45) is 0 Å². The molecule has 0 atom stereocenters. The van der Waals surface area contributed by atoms with Crippen LogP contribution in [0.3, 0.4) is 0 Å². The zero-order valence-corrected chi connectivity index (χ0v) is 11.8. The van der Waals surface area contributed by atoms with Crippen LogP contribution in [0.25, 0.3) is 0 Å². The SMILES string of the molecule is Cc1ccc(C(=O)c2cc(C)c(C)cc2Cl)c(F)c1. The summed E-state index contributed by atoms with van der Waals surface area (Å²) in [6.45, 7) is 5.59. The van der Waals surface area contributed by atoms with Crippen LogP contribution in [0.2, 0.25) is 5.02 Å². The molecule has 0 unspecified atom stereocenters. The Labute approximate surface area is 117 Å². The fourth-order valence-electron chi connectivity index (χ4n) is 1.90. The Kier molecular flexibility index (Phi) is 3.72. The first-order valence-electron chi connectivity index (χ1n) is 5.97. The minimum absolute atomic E-state index is 0.0516. The Morgan fingerprint density at radius 1 is 1.00 bits per heavy atom. The topological polar surface area (TPSA) is 17.1 Å². The third kappa shape index (κ3) is 2.69. The first kappa shape index (κ1) is 13.8. The van der Waals surface area contributed by atoms with Crippen molar-refractivity contribution in [3.05, 3.63) is 69.0 Å². The highest BCUT2D eigenvalue weighted by atomic mass is 35.5. The average molecular weight is 277 g/mol. The molecule has 0 N–H and O–H groups in total. The minimum Gasteiger partial charge on any atom is -0.288 e. The normalized spacial score (nSPS) is 10.6. The second kappa shape index (κ2) is 5.14. The number of rotatable bonds is 2. The summed E-state index contributed by atoms with van der Waals surface area (Å²) < 4.78 is 13.8. The number of benzene rings is 2. The maximum Gasteiger partial charge on any atom is 0.197 e. The van der Waals surface area contributed by atoms with Gasteiger partial charge in [-0.2, -0.15) is 0 Å². The lowest BCUT2D eigenvalue weighted by atomic mass is 9.98. The highest BCUT2D eigenvalue weighted by Gasteiger charge is 2.17. The van der Waals surface area contributed by atoms with Gasteiger partial charge in [0.2, 0.25) is 0 Å². The molecule has 0 amide bonds. The maximum atomic E-state index is 13.8. The molecule has 19 heavy (non-hydrogen) atoms. The molecule has 0 fully saturated rings. The van der Waals surface area contributed by atoms with Crippen LogP contribution in [-0.4, -0.2) is 5.78 Å². The Bertz CT molecular complexity index is 662. The average Bonchev–Trinajstić information content (AvgIpc) is 2.33. The second-order valence-electron chi connectivity index (χ2n) is 4.73. The van der Waals surface area contributed by atoms with Gasteiger partial charge in [0.15, 0.2) is 5.78 Å². The van der Waals surface area contributed by atoms with Gasteiger partial charge in [-0.15, -0.1) is 0 Å². The van der Waals surface area contributed by atoms with Crippen LogP contribution < -0.4 is 0 Å². The molecule has 3 heteroatoms. The van der Waals surface area contributed by atoms with Crippen LogP contribution in [-0.2, 0) is 0 Å². The third-order valence-corrected chi connectivity index (χ3v) is 3.51. The number of halogens is 2. The van der Waals surface area contributed by atoms with Crippen molar-refractivity contribution in [2.75, 3.05) is 0 Å². The van der Waals surface area contributed by atoms with Crippen LogP contribution in [0.5, 0.6) is 0 Å². The number of aryl methyl sites for hydroxylation is 3. The molecule has 2 rings (SSSR count). The Morgan fingerprint density at radius 3 is 2.26 bits per heavy atom. The van der Waals surface area contributed by atoms with Gasteiger partial charge in [-0.3, -0.25) is 4.79 Å². The molecule has 0 saturated carbocycles. The summed E-state index contributed by atoms with van der Waals surface area (Å²) >= 11 is 6.09. The molecule has 0 aliphatic carbocycles. The monoisotopic (exact) mass is 276 g/mol. The largest absolute Gasteiger partial charge is 0.288 e. The van der Waals surface area contributed by atoms with Gasteiger partial charge in [0.05, 0.1) is 10.6 Å². The molecule has 98 valence electrons. The summed E-state index contributed by atoms with van der Waals surface area (Å²) in [6, 6.07) is 8.00. The molecular formula is C16H14ClFO. The summed E-state index contributed by atoms with van der Waals surface area (Å²) in [5.41, 5.74) is 3.13. The molecule has 0 saturated heterocycles. The maximum absolute atomic E-state index is 13.8. The van der Waals surface area contributed by atoms with Gasteiger partial charge in [-0.1, -0.05) is 17.7 Å². The van der Waals surface area contributed by atoms with E-state index in [0.717, 1.165) is 16.7 Å². The number of hydrogen-bond donors (Lipinski definition) is 0. The molecule has 0 aliphatic heterocycles. The predicted molar refractivity (Wildman–Crippen MR) is 75.5 cm³/mol. The van der Waals surface area contributed by atoms with Crippen molar-refractivity contribution in [1.29, 1.82) is 0 Å². The van der Waals surface area contributed by atoms with Crippen molar-refractivity contribution >= 4 is 17.4 Å². The third-order valence-electron chi connectivity index (χ3n) is 3.20. The fourth-order valence-corrected chi connectivity index (χ4v) is 2.21. The highest BCUT2D eigenvalue weighted by Crippen LogP contribution is 2.24. The van der Waals surface area contributed by atoms with Crippen molar-refractivity contribution < 1.29 is 9.18 Å². The van der Waals surface area contributed by atoms with Gasteiger partial charge in [-0.05, 0) is 61.7 Å². The molecule has 1 nitrogen and oxygen atoms in total. The van der Waals surface area contributed by atoms with Crippen LogP contribution in [0.15, 0.2) is 30.3 Å². The first-order chi connectivity index (χ1) is 8.90. The summed E-state index contributed by atoms with van der Waals surface area (Å²) in [6.07, 6.45) is 0. The van der Waals surface area contributed by atoms with Gasteiger partial charge in [-0.25, -0.2) is 4.39 Å². The number of hydrogen-bond acceptors (Lipinski definition) is 1. The summed E-state index contributed by atoms with van der Waals surface area (Å²) in [5.74, 6) is -0.898. The Balaban J connectivity index is 2.53. The number of ketones is 1. The van der Waals surface area contributed by atoms with E-state index in [0.29, 0.717) is 10.6 Å². The minimum atomic E-state index is -0.515. The zero-order chi connectivity index (χ0) is 14.2. The quantitative estimate of drug-likeness (QED) is 0.731. The second-order valence-corrected chi connectivity index (χ2v) is 5.14. The van der Waals surface area contributed by atoms with E-state index < -0.39 is 5.82 Å². The summed E-state index contributed by atoms with van der Waals surface area (Å²) in [4.78, 5) is 12.3. The smallest absolute Gasteiger partial charge is 0.197 e. The van der Waals surface area contributed by atoms with Crippen LogP contribution in [0, 0.1) is 26.6 Å². The van der Waals surface area contributed by atoms with Gasteiger partial charge in [0.1, 0.15) is 5.82 Å². The van der Waals surface area contributed by atoms with E-state index >= 15 is 0 Å².